The zero-order chi connectivity index (χ0) is 19.1. The van der Waals surface area contributed by atoms with Crippen LogP contribution in [-0.4, -0.2) is 25.3 Å². The molecule has 0 heterocycles. The molecule has 6 heteroatoms. The van der Waals surface area contributed by atoms with E-state index in [1.54, 1.807) is 0 Å². The summed E-state index contributed by atoms with van der Waals surface area (Å²) < 4.78 is 0. The van der Waals surface area contributed by atoms with Crippen molar-refractivity contribution in [1.82, 2.24) is 0 Å². The Balaban J connectivity index is 0.00000261. The number of hydrogen-bond acceptors (Lipinski definition) is 2. The van der Waals surface area contributed by atoms with Crippen LogP contribution >= 0.6 is 0 Å². The summed E-state index contributed by atoms with van der Waals surface area (Å²) in [6, 6.07) is 13.9. The van der Waals surface area contributed by atoms with E-state index in [2.05, 4.69) is 88.6 Å². The van der Waals surface area contributed by atoms with E-state index in [1.807, 2.05) is 0 Å². The van der Waals surface area contributed by atoms with E-state index in [0.29, 0.717) is 0 Å². The molecule has 29 heavy (non-hydrogen) atoms. The Morgan fingerprint density at radius 3 is 2.24 bits per heavy atom. The van der Waals surface area contributed by atoms with E-state index in [9.17, 15) is 5.11 Å². The smallest absolute Gasteiger partial charge is 1.00 e. The summed E-state index contributed by atoms with van der Waals surface area (Å²) in [5.74, 6) is 0. The first-order valence-corrected chi connectivity index (χ1v) is 12.6. The third-order valence-corrected chi connectivity index (χ3v) is 9.11. The van der Waals surface area contributed by atoms with Gasteiger partial charge in [0.15, 0.2) is 0 Å². The molecule has 0 bridgehead atoms. The fourth-order valence-electron chi connectivity index (χ4n) is 3.57. The van der Waals surface area contributed by atoms with Crippen molar-refractivity contribution in [1.29, 1.82) is 0 Å². The van der Waals surface area contributed by atoms with E-state index in [1.165, 1.54) is 37.3 Å². The second-order valence-corrected chi connectivity index (χ2v) is 14.0. The fourth-order valence-corrected chi connectivity index (χ4v) is 5.44. The van der Waals surface area contributed by atoms with E-state index in [-0.39, 0.29) is 63.2 Å². The van der Waals surface area contributed by atoms with E-state index >= 15 is 0 Å². The summed E-state index contributed by atoms with van der Waals surface area (Å²) in [5.41, 5.74) is 2.32. The van der Waals surface area contributed by atoms with Crippen LogP contribution in [0.15, 0.2) is 36.4 Å². The molecule has 2 nitrogen and oxygen atoms in total. The van der Waals surface area contributed by atoms with Crippen LogP contribution in [0.4, 0.5) is 5.69 Å². The van der Waals surface area contributed by atoms with Gasteiger partial charge in [-0.2, -0.15) is 0 Å². The molecule has 1 radical (unpaired) electrons. The van der Waals surface area contributed by atoms with Crippen LogP contribution < -0.4 is 40.6 Å². The normalized spacial score (nSPS) is 12.9. The van der Waals surface area contributed by atoms with Gasteiger partial charge in [-0.25, -0.2) is 0 Å². The molecule has 0 atom stereocenters. The molecule has 155 valence electrons. The number of aliphatic hydroxyl groups is 1. The minimum atomic E-state index is -1.67. The van der Waals surface area contributed by atoms with Crippen LogP contribution in [0.25, 0.3) is 11.3 Å². The minimum absolute atomic E-state index is 0. The van der Waals surface area contributed by atoms with Crippen molar-refractivity contribution in [3.63, 3.8) is 0 Å². The summed E-state index contributed by atoms with van der Waals surface area (Å²) in [6.45, 7) is 13.8. The van der Waals surface area contributed by atoms with Gasteiger partial charge in [-0.05, 0) is 44.6 Å². The molecule has 0 unspecified atom stereocenters. The van der Waals surface area contributed by atoms with Crippen molar-refractivity contribution in [2.24, 2.45) is 0 Å². The number of benzene rings is 2. The van der Waals surface area contributed by atoms with Crippen LogP contribution in [0.1, 0.15) is 33.3 Å². The van der Waals surface area contributed by atoms with Crippen LogP contribution in [0.2, 0.25) is 19.1 Å². The van der Waals surface area contributed by atoms with Gasteiger partial charge in [-0.1, -0.05) is 54.2 Å². The van der Waals surface area contributed by atoms with Gasteiger partial charge in [0.2, 0.25) is 0 Å². The standard InChI is InChI=1S/C23H30NOSi.2ClH.Zr/c1-16(26(5,6)14-13-25)18-11-12-20-19-10-8-7-9-17(19)15-21(20)22(18)24-23(2,3)4;;;/h7-12,24-25H,13-14H2,1-6H3;2*1H;/q-1;;;+3/p-2. The maximum atomic E-state index is 9.52. The number of rotatable bonds is 4. The summed E-state index contributed by atoms with van der Waals surface area (Å²) >= 11 is 0. The minimum Gasteiger partial charge on any atom is -1.00 e. The van der Waals surface area contributed by atoms with Gasteiger partial charge in [-0.15, -0.1) is 27.8 Å². The predicted molar refractivity (Wildman–Crippen MR) is 114 cm³/mol. The van der Waals surface area contributed by atoms with Gasteiger partial charge in [0, 0.05) is 12.1 Å². The van der Waals surface area contributed by atoms with Crippen LogP contribution in [0, 0.1) is 10.4 Å². The second-order valence-electron chi connectivity index (χ2n) is 8.94. The van der Waals surface area contributed by atoms with Gasteiger partial charge >= 0.3 is 26.2 Å². The average Bonchev–Trinajstić information content (AvgIpc) is 2.92. The number of anilines is 1. The van der Waals surface area contributed by atoms with Gasteiger partial charge in [0.1, 0.15) is 0 Å². The first-order valence-electron chi connectivity index (χ1n) is 9.41. The van der Waals surface area contributed by atoms with Crippen molar-refractivity contribution in [3.05, 3.63) is 62.8 Å². The third kappa shape index (κ3) is 6.08. The summed E-state index contributed by atoms with van der Waals surface area (Å²) in [7, 11) is -1.67. The number of aliphatic hydroxyl groups excluding tert-OH is 1. The average molecular weight is 527 g/mol. The second kappa shape index (κ2) is 10.8. The molecular weight excluding hydrogens is 496 g/mol. The van der Waals surface area contributed by atoms with Gasteiger partial charge in [-0.3, -0.25) is 0 Å². The Labute approximate surface area is 207 Å². The molecule has 2 N–H and O–H groups in total. The van der Waals surface area contributed by atoms with E-state index < -0.39 is 8.07 Å². The molecule has 0 amide bonds. The van der Waals surface area contributed by atoms with Gasteiger partial charge in [0.25, 0.3) is 0 Å². The Morgan fingerprint density at radius 2 is 1.66 bits per heavy atom. The van der Waals surface area contributed by atoms with Gasteiger partial charge in [0.05, 0.1) is 8.07 Å². The first-order chi connectivity index (χ1) is 12.1. The van der Waals surface area contributed by atoms with Crippen molar-refractivity contribution < 1.29 is 56.1 Å². The fraction of sp³-hybridized carbons (Fsp3) is 0.391. The van der Waals surface area contributed by atoms with E-state index in [0.717, 1.165) is 6.04 Å². The number of halogens is 2. The van der Waals surface area contributed by atoms with Crippen molar-refractivity contribution >= 4 is 25.0 Å². The Bertz CT molecular complexity index is 1060. The zero-order valence-corrected chi connectivity index (χ0v) is 23.1. The SMILES string of the molecule is CC(=c1ccc2c(c1NC(C)(C)C)[C-]=c1ccccc1=2)[Si](C)(C)CCO.[Cl-].[Cl-].[Zr+3]. The van der Waals surface area contributed by atoms with Crippen LogP contribution in [-0.2, 0) is 26.2 Å². The molecule has 2 aromatic rings. The summed E-state index contributed by atoms with van der Waals surface area (Å²) in [5, 5.41) is 19.7. The molecule has 0 spiro atoms. The number of nitrogens with one attached hydrogen (secondary N) is 1. The summed E-state index contributed by atoms with van der Waals surface area (Å²) in [4.78, 5) is 0. The van der Waals surface area contributed by atoms with Crippen LogP contribution in [0.3, 0.4) is 0 Å². The summed E-state index contributed by atoms with van der Waals surface area (Å²) in [6.07, 6.45) is 3.64. The van der Waals surface area contributed by atoms with Crippen LogP contribution in [0.5, 0.6) is 0 Å². The van der Waals surface area contributed by atoms with Crippen molar-refractivity contribution in [2.45, 2.75) is 52.4 Å². The largest absolute Gasteiger partial charge is 3.00 e. The maximum Gasteiger partial charge on any atom is 3.00 e. The Hall–Kier alpha value is -0.380. The Morgan fingerprint density at radius 1 is 1.03 bits per heavy atom. The quantitative estimate of drug-likeness (QED) is 0.294. The molecule has 0 aromatic heterocycles. The molecule has 0 saturated heterocycles. The molecule has 3 rings (SSSR count). The zero-order valence-electron chi connectivity index (χ0n) is 18.1. The first kappa shape index (κ1) is 28.6. The molecule has 0 saturated carbocycles. The maximum absolute atomic E-state index is 9.52. The topological polar surface area (TPSA) is 32.3 Å². The number of fused-ring (bicyclic) bond motifs is 2. The third-order valence-electron chi connectivity index (χ3n) is 5.34. The predicted octanol–water partition coefficient (Wildman–Crippen LogP) is -2.38. The number of hydrogen-bond donors (Lipinski definition) is 2. The van der Waals surface area contributed by atoms with E-state index in [4.69, 9.17) is 0 Å². The van der Waals surface area contributed by atoms with Gasteiger partial charge < -0.3 is 35.2 Å². The monoisotopic (exact) mass is 524 g/mol. The molecule has 0 fully saturated rings. The molecule has 0 aliphatic heterocycles. The van der Waals surface area contributed by atoms with Crippen molar-refractivity contribution in [3.8, 4) is 0 Å². The molecular formula is C23H30Cl2NOSiZr. The molecule has 2 aromatic carbocycles. The molecule has 1 aliphatic carbocycles. The Kier molecular flexibility index (Phi) is 10.6. The molecule has 1 aliphatic rings. The van der Waals surface area contributed by atoms with Crippen molar-refractivity contribution in [2.75, 3.05) is 11.9 Å².